The van der Waals surface area contributed by atoms with Gasteiger partial charge >= 0.3 is 5.97 Å². The summed E-state index contributed by atoms with van der Waals surface area (Å²) in [5.74, 6) is -0.231. The highest BCUT2D eigenvalue weighted by atomic mass is 16.5. The van der Waals surface area contributed by atoms with Gasteiger partial charge in [-0.1, -0.05) is 182 Å². The highest BCUT2D eigenvalue weighted by molar-refractivity contribution is 5.69. The molecule has 58 heavy (non-hydrogen) atoms. The molecule has 290 valence electrons. The average Bonchev–Trinajstić information content (AvgIpc) is 3.99. The topological polar surface area (TPSA) is 82.2 Å². The summed E-state index contributed by atoms with van der Waals surface area (Å²) in [6, 6.07) is 63.0. The molecule has 0 atom stereocenters. The molecule has 0 fully saturated rings. The van der Waals surface area contributed by atoms with Gasteiger partial charge in [0.05, 0.1) is 37.6 Å². The smallest absolute Gasteiger partial charge is 0.305 e. The quantitative estimate of drug-likeness (QED) is 0.0882. The van der Waals surface area contributed by atoms with Gasteiger partial charge in [0.25, 0.3) is 0 Å². The van der Waals surface area contributed by atoms with Crippen molar-refractivity contribution in [3.05, 3.63) is 252 Å². The Hall–Kier alpha value is -6.83. The molecule has 1 N–H and O–H groups in total. The summed E-state index contributed by atoms with van der Waals surface area (Å²) in [5.41, 5.74) is 7.69. The second-order valence-electron chi connectivity index (χ2n) is 14.1. The van der Waals surface area contributed by atoms with Crippen molar-refractivity contribution in [3.63, 3.8) is 0 Å². The van der Waals surface area contributed by atoms with Crippen LogP contribution in [0.1, 0.15) is 57.6 Å². The maximum atomic E-state index is 11.6. The van der Waals surface area contributed by atoms with Crippen LogP contribution in [0.25, 0.3) is 0 Å². The maximum Gasteiger partial charge on any atom is 0.305 e. The van der Waals surface area contributed by atoms with Crippen molar-refractivity contribution in [1.29, 1.82) is 0 Å². The molecule has 8 aromatic rings. The summed E-state index contributed by atoms with van der Waals surface area (Å²) in [4.78, 5) is 20.9. The fourth-order valence-corrected chi connectivity index (χ4v) is 7.92. The molecule has 7 nitrogen and oxygen atoms in total. The van der Waals surface area contributed by atoms with E-state index in [1.807, 2.05) is 55.2 Å². The van der Waals surface area contributed by atoms with Gasteiger partial charge in [0.15, 0.2) is 0 Å². The fraction of sp³-hybridized carbons (Fsp3) is 0.157. The second kappa shape index (κ2) is 18.9. The zero-order valence-electron chi connectivity index (χ0n) is 32.7. The number of aromatic nitrogens is 4. The van der Waals surface area contributed by atoms with Crippen LogP contribution in [0.15, 0.2) is 207 Å². The molecule has 0 radical (unpaired) electrons. The minimum absolute atomic E-state index is 0.175. The van der Waals surface area contributed by atoms with Crippen molar-refractivity contribution in [2.45, 2.75) is 36.8 Å². The Bertz CT molecular complexity index is 2240. The molecule has 0 spiro atoms. The summed E-state index contributed by atoms with van der Waals surface area (Å²) in [5, 5.41) is 9.19. The van der Waals surface area contributed by atoms with E-state index in [4.69, 9.17) is 4.74 Å². The van der Waals surface area contributed by atoms with Crippen LogP contribution in [0, 0.1) is 0 Å². The first-order chi connectivity index (χ1) is 28.6. The van der Waals surface area contributed by atoms with Gasteiger partial charge in [-0.2, -0.15) is 0 Å². The highest BCUT2D eigenvalue weighted by Gasteiger charge is 2.39. The van der Waals surface area contributed by atoms with Crippen molar-refractivity contribution in [2.24, 2.45) is 0 Å². The zero-order chi connectivity index (χ0) is 40.0. The molecule has 0 aliphatic carbocycles. The molecule has 0 saturated heterocycles. The van der Waals surface area contributed by atoms with E-state index in [9.17, 15) is 9.90 Å². The van der Waals surface area contributed by atoms with Crippen LogP contribution in [-0.2, 0) is 33.5 Å². The summed E-state index contributed by atoms with van der Waals surface area (Å²) >= 11 is 0. The molecular formula is C51H48N4O3. The summed E-state index contributed by atoms with van der Waals surface area (Å²) < 4.78 is 9.14. The predicted octanol–water partition coefficient (Wildman–Crippen LogP) is 9.48. The number of nitrogens with zero attached hydrogens (tertiary/aromatic N) is 4. The Kier molecular flexibility index (Phi) is 12.8. The van der Waals surface area contributed by atoms with Gasteiger partial charge in [0, 0.05) is 25.4 Å². The standard InChI is InChI=1S/C26H24N2O2.C25H24N2O/c1-30-25(29)18-17-24-19-28(20-27-24)26(21-11-5-2-6-12-21,22-13-7-3-8-14-22)23-15-9-4-10-16-23;28-18-10-17-24-19-27(20-26-24)25(21-11-4-1-5-12-21,22-13-6-2-7-14-22)23-15-8-3-9-16-23/h2-16,19-20H,17-18H2,1H3;1-9,11-16,19-20,28H,10,17-18H2. The van der Waals surface area contributed by atoms with Crippen molar-refractivity contribution >= 4 is 5.97 Å². The number of carbonyl (C=O) groups is 1. The van der Waals surface area contributed by atoms with E-state index in [0.717, 1.165) is 34.5 Å². The molecule has 0 amide bonds. The van der Waals surface area contributed by atoms with Crippen LogP contribution in [0.4, 0.5) is 0 Å². The first-order valence-electron chi connectivity index (χ1n) is 19.7. The average molecular weight is 765 g/mol. The monoisotopic (exact) mass is 764 g/mol. The van der Waals surface area contributed by atoms with Gasteiger partial charge in [-0.05, 0) is 46.2 Å². The third-order valence-corrected chi connectivity index (χ3v) is 10.6. The minimum Gasteiger partial charge on any atom is -0.469 e. The molecule has 0 aliphatic rings. The number of ether oxygens (including phenoxy) is 1. The van der Waals surface area contributed by atoms with Gasteiger partial charge in [0.2, 0.25) is 0 Å². The minimum atomic E-state index is -0.583. The zero-order valence-corrected chi connectivity index (χ0v) is 32.7. The first kappa shape index (κ1) is 39.4. The number of methoxy groups -OCH3 is 1. The lowest BCUT2D eigenvalue weighted by atomic mass is 9.77. The summed E-state index contributed by atoms with van der Waals surface area (Å²) in [7, 11) is 1.41. The molecule has 6 aromatic carbocycles. The molecule has 2 heterocycles. The third kappa shape index (κ3) is 8.17. The van der Waals surface area contributed by atoms with Crippen LogP contribution in [0.5, 0.6) is 0 Å². The predicted molar refractivity (Wildman–Crippen MR) is 229 cm³/mol. The summed E-state index contributed by atoms with van der Waals surface area (Å²) in [6.07, 6.45) is 10.2. The van der Waals surface area contributed by atoms with E-state index in [1.54, 1.807) is 0 Å². The van der Waals surface area contributed by atoms with E-state index >= 15 is 0 Å². The van der Waals surface area contributed by atoms with E-state index < -0.39 is 11.1 Å². The van der Waals surface area contributed by atoms with Crippen LogP contribution in [0.2, 0.25) is 0 Å². The van der Waals surface area contributed by atoms with Crippen LogP contribution >= 0.6 is 0 Å². The van der Waals surface area contributed by atoms with Crippen LogP contribution < -0.4 is 0 Å². The lowest BCUT2D eigenvalue weighted by Gasteiger charge is -2.37. The number of hydrogen-bond donors (Lipinski definition) is 1. The lowest BCUT2D eigenvalue weighted by Crippen LogP contribution is -2.36. The molecule has 0 bridgehead atoms. The Labute approximate surface area is 340 Å². The second-order valence-corrected chi connectivity index (χ2v) is 14.1. The molecule has 2 aromatic heterocycles. The van der Waals surface area contributed by atoms with Crippen LogP contribution in [-0.4, -0.2) is 43.9 Å². The number of aliphatic hydroxyl groups is 1. The number of benzene rings is 6. The number of aryl methyl sites for hydroxylation is 2. The number of esters is 1. The van der Waals surface area contributed by atoms with E-state index in [-0.39, 0.29) is 12.6 Å². The van der Waals surface area contributed by atoms with Gasteiger partial charge in [0.1, 0.15) is 11.1 Å². The normalized spacial score (nSPS) is 11.3. The largest absolute Gasteiger partial charge is 0.469 e. The first-order valence-corrected chi connectivity index (χ1v) is 19.7. The number of carbonyl (C=O) groups excluding carboxylic acids is 1. The number of aliphatic hydroxyl groups excluding tert-OH is 1. The Morgan fingerprint density at radius 1 is 0.500 bits per heavy atom. The van der Waals surface area contributed by atoms with Crippen LogP contribution in [0.3, 0.4) is 0 Å². The molecule has 0 aliphatic heterocycles. The number of rotatable bonds is 14. The number of imidazole rings is 2. The molecule has 0 unspecified atom stereocenters. The van der Waals surface area contributed by atoms with Gasteiger partial charge in [-0.15, -0.1) is 0 Å². The van der Waals surface area contributed by atoms with E-state index in [2.05, 4.69) is 171 Å². The highest BCUT2D eigenvalue weighted by Crippen LogP contribution is 2.42. The summed E-state index contributed by atoms with van der Waals surface area (Å²) in [6.45, 7) is 0.175. The lowest BCUT2D eigenvalue weighted by molar-refractivity contribution is -0.140. The van der Waals surface area contributed by atoms with Gasteiger partial charge < -0.3 is 19.0 Å². The Balaban J connectivity index is 0.000000177. The molecular weight excluding hydrogens is 717 g/mol. The van der Waals surface area contributed by atoms with Crippen molar-refractivity contribution in [1.82, 2.24) is 19.1 Å². The molecule has 0 saturated carbocycles. The Morgan fingerprint density at radius 3 is 1.07 bits per heavy atom. The third-order valence-electron chi connectivity index (χ3n) is 10.6. The molecule has 7 heteroatoms. The number of hydrogen-bond acceptors (Lipinski definition) is 5. The van der Waals surface area contributed by atoms with Crippen molar-refractivity contribution in [3.8, 4) is 0 Å². The SMILES string of the molecule is COC(=O)CCc1cn(C(c2ccccc2)(c2ccccc2)c2ccccc2)cn1.OCCCc1cn(C(c2ccccc2)(c2ccccc2)c2ccccc2)cn1. The molecule has 8 rings (SSSR count). The van der Waals surface area contributed by atoms with E-state index in [1.165, 1.54) is 23.8 Å². The van der Waals surface area contributed by atoms with Gasteiger partial charge in [-0.25, -0.2) is 9.97 Å². The Morgan fingerprint density at radius 2 is 0.793 bits per heavy atom. The fourth-order valence-electron chi connectivity index (χ4n) is 7.92. The van der Waals surface area contributed by atoms with Crippen molar-refractivity contribution < 1.29 is 14.6 Å². The van der Waals surface area contributed by atoms with Crippen molar-refractivity contribution in [2.75, 3.05) is 13.7 Å². The van der Waals surface area contributed by atoms with Gasteiger partial charge in [-0.3, -0.25) is 4.79 Å². The van der Waals surface area contributed by atoms with E-state index in [0.29, 0.717) is 19.3 Å². The maximum absolute atomic E-state index is 11.6.